The molecule has 0 fully saturated rings. The summed E-state index contributed by atoms with van der Waals surface area (Å²) in [6.45, 7) is 0. The summed E-state index contributed by atoms with van der Waals surface area (Å²) in [5, 5.41) is 18.7. The fourth-order valence-electron chi connectivity index (χ4n) is 3.02. The number of carbonyl (C=O) groups is 1. The normalized spacial score (nSPS) is 14.6. The zero-order chi connectivity index (χ0) is 21.6. The molecular formula is C19H12BrN3O6S. The number of sulfonamides is 1. The van der Waals surface area contributed by atoms with Crippen LogP contribution in [0, 0.1) is 10.1 Å². The topological polar surface area (TPSA) is 146 Å². The lowest BCUT2D eigenvalue weighted by Crippen LogP contribution is -2.12. The van der Waals surface area contributed by atoms with E-state index in [-0.39, 0.29) is 16.2 Å². The first-order chi connectivity index (χ1) is 14.1. The van der Waals surface area contributed by atoms with Crippen molar-refractivity contribution in [3.8, 4) is 11.3 Å². The molecule has 0 saturated carbocycles. The number of primary sulfonamides is 1. The molecule has 4 rings (SSSR count). The summed E-state index contributed by atoms with van der Waals surface area (Å²) in [6.07, 6.45) is 1.48. The molecule has 152 valence electrons. The molecule has 11 heteroatoms. The molecule has 0 saturated heterocycles. The fourth-order valence-corrected chi connectivity index (χ4v) is 4.12. The molecule has 0 radical (unpaired) electrons. The van der Waals surface area contributed by atoms with Gasteiger partial charge in [0.2, 0.25) is 10.0 Å². The highest BCUT2D eigenvalue weighted by atomic mass is 79.9. The molecule has 0 unspecified atom stereocenters. The maximum atomic E-state index is 12.4. The van der Waals surface area contributed by atoms with Gasteiger partial charge in [0, 0.05) is 33.4 Å². The average Bonchev–Trinajstić information content (AvgIpc) is 3.25. The van der Waals surface area contributed by atoms with E-state index in [0.29, 0.717) is 32.8 Å². The van der Waals surface area contributed by atoms with Crippen molar-refractivity contribution in [2.75, 3.05) is 5.32 Å². The number of rotatable bonds is 4. The van der Waals surface area contributed by atoms with Gasteiger partial charge in [-0.25, -0.2) is 13.6 Å². The lowest BCUT2D eigenvalue weighted by molar-refractivity contribution is -0.384. The SMILES string of the molecule is NS(=O)(=O)c1ccc2c(c1)C(=Cc1ccc(-c3ccc([N+](=O)[O-])cc3Br)o1)C(=O)N2. The molecule has 0 spiro atoms. The number of hydrogen-bond donors (Lipinski definition) is 2. The third kappa shape index (κ3) is 3.65. The van der Waals surface area contributed by atoms with Crippen molar-refractivity contribution in [3.05, 3.63) is 74.4 Å². The summed E-state index contributed by atoms with van der Waals surface area (Å²) in [4.78, 5) is 22.6. The van der Waals surface area contributed by atoms with Crippen molar-refractivity contribution in [2.24, 2.45) is 5.14 Å². The van der Waals surface area contributed by atoms with Crippen molar-refractivity contribution in [3.63, 3.8) is 0 Å². The molecule has 2 aromatic carbocycles. The van der Waals surface area contributed by atoms with Gasteiger partial charge in [-0.3, -0.25) is 14.9 Å². The monoisotopic (exact) mass is 489 g/mol. The standard InChI is InChI=1S/C19H12BrN3O6S/c20-16-7-10(23(25)26)1-4-13(16)18-6-2-11(29-18)8-15-14-9-12(30(21,27)28)3-5-17(14)22-19(15)24/h1-9H,(H,22,24)(H2,21,27,28). The average molecular weight is 490 g/mol. The minimum absolute atomic E-state index is 0.0654. The van der Waals surface area contributed by atoms with E-state index >= 15 is 0 Å². The van der Waals surface area contributed by atoms with Crippen LogP contribution in [0.3, 0.4) is 0 Å². The molecule has 3 aromatic rings. The molecule has 1 aliphatic rings. The summed E-state index contributed by atoms with van der Waals surface area (Å²) in [7, 11) is -3.93. The van der Waals surface area contributed by atoms with E-state index < -0.39 is 20.9 Å². The highest BCUT2D eigenvalue weighted by molar-refractivity contribution is 9.10. The summed E-state index contributed by atoms with van der Waals surface area (Å²) in [5.74, 6) is 0.362. The number of halogens is 1. The van der Waals surface area contributed by atoms with Gasteiger partial charge in [-0.2, -0.15) is 0 Å². The van der Waals surface area contributed by atoms with Gasteiger partial charge in [-0.15, -0.1) is 0 Å². The van der Waals surface area contributed by atoms with Gasteiger partial charge < -0.3 is 9.73 Å². The minimum Gasteiger partial charge on any atom is -0.457 e. The first kappa shape index (κ1) is 20.0. The number of non-ortho nitro benzene ring substituents is 1. The number of nitro groups is 1. The van der Waals surface area contributed by atoms with Crippen LogP contribution in [0.25, 0.3) is 23.0 Å². The number of hydrogen-bond acceptors (Lipinski definition) is 6. The second kappa shape index (κ2) is 7.20. The number of amides is 1. The molecule has 30 heavy (non-hydrogen) atoms. The van der Waals surface area contributed by atoms with Crippen molar-refractivity contribution in [1.82, 2.24) is 0 Å². The fraction of sp³-hybridized carbons (Fsp3) is 0. The van der Waals surface area contributed by atoms with Gasteiger partial charge in [0.1, 0.15) is 11.5 Å². The molecule has 1 aliphatic heterocycles. The Morgan fingerprint density at radius 3 is 2.53 bits per heavy atom. The number of nitrogens with two attached hydrogens (primary N) is 1. The van der Waals surface area contributed by atoms with Gasteiger partial charge >= 0.3 is 0 Å². The van der Waals surface area contributed by atoms with Crippen LogP contribution >= 0.6 is 15.9 Å². The van der Waals surface area contributed by atoms with Crippen molar-refractivity contribution < 1.29 is 22.6 Å². The first-order valence-corrected chi connectivity index (χ1v) is 10.7. The summed E-state index contributed by atoms with van der Waals surface area (Å²) in [6, 6.07) is 11.7. The van der Waals surface area contributed by atoms with Crippen LogP contribution in [0.4, 0.5) is 11.4 Å². The molecule has 1 aromatic heterocycles. The number of furan rings is 1. The molecule has 0 bridgehead atoms. The van der Waals surface area contributed by atoms with Gasteiger partial charge in [0.05, 0.1) is 15.4 Å². The highest BCUT2D eigenvalue weighted by Crippen LogP contribution is 2.36. The van der Waals surface area contributed by atoms with Gasteiger partial charge in [-0.1, -0.05) is 0 Å². The Kier molecular flexibility index (Phi) is 4.80. The van der Waals surface area contributed by atoms with Crippen LogP contribution in [0.2, 0.25) is 0 Å². The molecule has 1 amide bonds. The van der Waals surface area contributed by atoms with Crippen LogP contribution in [0.1, 0.15) is 11.3 Å². The Morgan fingerprint density at radius 2 is 1.87 bits per heavy atom. The van der Waals surface area contributed by atoms with E-state index in [4.69, 9.17) is 9.56 Å². The van der Waals surface area contributed by atoms with Gasteiger partial charge in [-0.05, 0) is 58.4 Å². The summed E-state index contributed by atoms with van der Waals surface area (Å²) in [5.41, 5.74) is 1.60. The lowest BCUT2D eigenvalue weighted by Gasteiger charge is -2.02. The highest BCUT2D eigenvalue weighted by Gasteiger charge is 2.26. The van der Waals surface area contributed by atoms with Crippen LogP contribution in [-0.4, -0.2) is 19.2 Å². The Balaban J connectivity index is 1.72. The molecule has 2 heterocycles. The van der Waals surface area contributed by atoms with Crippen LogP contribution < -0.4 is 10.5 Å². The van der Waals surface area contributed by atoms with Gasteiger partial charge in [0.15, 0.2) is 0 Å². The minimum atomic E-state index is -3.93. The number of carbonyl (C=O) groups excluding carboxylic acids is 1. The molecular weight excluding hydrogens is 478 g/mol. The van der Waals surface area contributed by atoms with Crippen molar-refractivity contribution in [1.29, 1.82) is 0 Å². The van der Waals surface area contributed by atoms with Crippen molar-refractivity contribution in [2.45, 2.75) is 4.90 Å². The molecule has 9 nitrogen and oxygen atoms in total. The zero-order valence-electron chi connectivity index (χ0n) is 15.0. The van der Waals surface area contributed by atoms with E-state index in [9.17, 15) is 23.3 Å². The maximum absolute atomic E-state index is 12.4. The van der Waals surface area contributed by atoms with Gasteiger partial charge in [0.25, 0.3) is 11.6 Å². The summed E-state index contributed by atoms with van der Waals surface area (Å²) >= 11 is 3.29. The number of benzene rings is 2. The second-order valence-corrected chi connectivity index (χ2v) is 8.80. The van der Waals surface area contributed by atoms with E-state index in [1.165, 1.54) is 36.4 Å². The molecule has 3 N–H and O–H groups in total. The van der Waals surface area contributed by atoms with Crippen LogP contribution in [0.5, 0.6) is 0 Å². The van der Waals surface area contributed by atoms with E-state index in [1.807, 2.05) is 0 Å². The predicted octanol–water partition coefficient (Wildman–Crippen LogP) is 3.76. The zero-order valence-corrected chi connectivity index (χ0v) is 17.4. The second-order valence-electron chi connectivity index (χ2n) is 6.39. The van der Waals surface area contributed by atoms with Crippen molar-refractivity contribution >= 4 is 54.9 Å². The Labute approximate surface area is 178 Å². The third-order valence-corrected chi connectivity index (χ3v) is 6.01. The number of fused-ring (bicyclic) bond motifs is 1. The van der Waals surface area contributed by atoms with E-state index in [0.717, 1.165) is 0 Å². The lowest BCUT2D eigenvalue weighted by atomic mass is 10.1. The summed E-state index contributed by atoms with van der Waals surface area (Å²) < 4.78 is 29.5. The molecule has 0 aliphatic carbocycles. The molecule has 0 atom stereocenters. The van der Waals surface area contributed by atoms with Crippen LogP contribution in [-0.2, 0) is 14.8 Å². The van der Waals surface area contributed by atoms with E-state index in [2.05, 4.69) is 21.2 Å². The first-order valence-electron chi connectivity index (χ1n) is 8.38. The third-order valence-electron chi connectivity index (χ3n) is 4.44. The Morgan fingerprint density at radius 1 is 1.10 bits per heavy atom. The number of anilines is 1. The van der Waals surface area contributed by atoms with Crippen LogP contribution in [0.15, 0.2) is 62.3 Å². The smallest absolute Gasteiger partial charge is 0.270 e. The predicted molar refractivity (Wildman–Crippen MR) is 113 cm³/mol. The quantitative estimate of drug-likeness (QED) is 0.324. The Hall–Kier alpha value is -3.28. The number of nitrogens with one attached hydrogen (secondary N) is 1. The van der Waals surface area contributed by atoms with E-state index in [1.54, 1.807) is 18.2 Å². The largest absolute Gasteiger partial charge is 0.457 e. The Bertz CT molecular complexity index is 1360. The number of nitrogens with zero attached hydrogens (tertiary/aromatic N) is 1. The number of nitro benzene ring substituents is 1. The maximum Gasteiger partial charge on any atom is 0.270 e.